The fourth-order valence-electron chi connectivity index (χ4n) is 4.50. The van der Waals surface area contributed by atoms with Crippen LogP contribution in [0.15, 0.2) is 24.3 Å². The maximum absolute atomic E-state index is 13.1. The van der Waals surface area contributed by atoms with Gasteiger partial charge in [0.05, 0.1) is 6.42 Å². The Balaban J connectivity index is 2.45. The van der Waals surface area contributed by atoms with Gasteiger partial charge >= 0.3 is 10.3 Å². The summed E-state index contributed by atoms with van der Waals surface area (Å²) in [6, 6.07) is 7.53. The largest absolute Gasteiger partial charge is 0.409 e. The molecule has 2 rings (SSSR count). The number of aldehydes is 1. The second-order valence-electron chi connectivity index (χ2n) is 11.3. The van der Waals surface area contributed by atoms with Crippen LogP contribution in [0.5, 0.6) is 5.75 Å². The molecule has 0 aromatic heterocycles. The minimum absolute atomic E-state index is 0.0693. The van der Waals surface area contributed by atoms with Crippen LogP contribution in [0.3, 0.4) is 0 Å². The van der Waals surface area contributed by atoms with E-state index in [9.17, 15) is 18.0 Å². The molecule has 0 bridgehead atoms. The normalized spacial score (nSPS) is 12.2. The highest BCUT2D eigenvalue weighted by Crippen LogP contribution is 2.37. The summed E-state index contributed by atoms with van der Waals surface area (Å²) in [6.07, 6.45) is 0.668. The third-order valence-electron chi connectivity index (χ3n) is 6.57. The van der Waals surface area contributed by atoms with Gasteiger partial charge in [-0.3, -0.25) is 9.59 Å². The first-order chi connectivity index (χ1) is 17.1. The molecule has 37 heavy (non-hydrogen) atoms. The Morgan fingerprint density at radius 2 is 1.19 bits per heavy atom. The molecule has 0 radical (unpaired) electrons. The summed E-state index contributed by atoms with van der Waals surface area (Å²) < 4.78 is 33.8. The van der Waals surface area contributed by atoms with Crippen molar-refractivity contribution in [2.24, 2.45) is 0 Å². The first-order valence-corrected chi connectivity index (χ1v) is 14.5. The number of rotatable bonds is 11. The molecule has 0 saturated heterocycles. The third-order valence-corrected chi connectivity index (χ3v) is 7.43. The fraction of sp³-hybridized carbons (Fsp3) is 0.533. The minimum atomic E-state index is -4.46. The van der Waals surface area contributed by atoms with Gasteiger partial charge in [0.2, 0.25) is 5.91 Å². The molecular weight excluding hydrogens is 486 g/mol. The lowest BCUT2D eigenvalue weighted by atomic mass is 9.83. The van der Waals surface area contributed by atoms with Crippen LogP contribution in [0.25, 0.3) is 0 Å². The smallest absolute Gasteiger partial charge is 0.366 e. The van der Waals surface area contributed by atoms with E-state index in [1.807, 2.05) is 27.7 Å². The highest BCUT2D eigenvalue weighted by molar-refractivity contribution is 7.85. The highest BCUT2D eigenvalue weighted by atomic mass is 32.2. The second kappa shape index (κ2) is 12.2. The maximum Gasteiger partial charge on any atom is 0.409 e. The van der Waals surface area contributed by atoms with Crippen LogP contribution < -0.4 is 8.91 Å². The first-order valence-electron chi connectivity index (χ1n) is 13.1. The molecule has 0 aliphatic rings. The summed E-state index contributed by atoms with van der Waals surface area (Å²) in [4.78, 5) is 24.6. The van der Waals surface area contributed by atoms with Crippen molar-refractivity contribution in [1.82, 2.24) is 4.72 Å². The Morgan fingerprint density at radius 1 is 0.757 bits per heavy atom. The van der Waals surface area contributed by atoms with Crippen molar-refractivity contribution >= 4 is 22.5 Å². The quantitative estimate of drug-likeness (QED) is 0.314. The van der Waals surface area contributed by atoms with Gasteiger partial charge in [-0.1, -0.05) is 81.4 Å². The number of nitrogens with one attached hydrogen (secondary N) is 1. The number of hydrogen-bond acceptors (Lipinski definition) is 5. The van der Waals surface area contributed by atoms with E-state index < -0.39 is 16.2 Å². The molecule has 6 nitrogen and oxygen atoms in total. The molecule has 0 aliphatic heterocycles. The predicted octanol–water partition coefficient (Wildman–Crippen LogP) is 7.10. The summed E-state index contributed by atoms with van der Waals surface area (Å²) >= 11 is 0. The number of hydrogen-bond donors (Lipinski definition) is 1. The van der Waals surface area contributed by atoms with Gasteiger partial charge in [0.1, 0.15) is 6.29 Å². The minimum Gasteiger partial charge on any atom is -0.366 e. The molecule has 0 fully saturated rings. The number of amides is 1. The van der Waals surface area contributed by atoms with Gasteiger partial charge in [0.25, 0.3) is 0 Å². The summed E-state index contributed by atoms with van der Waals surface area (Å²) in [5.74, 6) is 0.00372. The van der Waals surface area contributed by atoms with Crippen molar-refractivity contribution in [2.75, 3.05) is 0 Å². The van der Waals surface area contributed by atoms with Crippen LogP contribution in [0, 0.1) is 0 Å². The van der Waals surface area contributed by atoms with Crippen molar-refractivity contribution in [2.45, 2.75) is 105 Å². The Bertz CT molecular complexity index is 1180. The molecule has 0 atom stereocenters. The van der Waals surface area contributed by atoms with Crippen molar-refractivity contribution in [3.63, 3.8) is 0 Å². The topological polar surface area (TPSA) is 89.5 Å². The van der Waals surface area contributed by atoms with E-state index in [2.05, 4.69) is 58.4 Å². The molecular formula is C30H43NO5S. The average Bonchev–Trinajstić information content (AvgIpc) is 2.77. The summed E-state index contributed by atoms with van der Waals surface area (Å²) in [7, 11) is -4.46. The highest BCUT2D eigenvalue weighted by Gasteiger charge is 2.26. The molecule has 0 saturated carbocycles. The van der Waals surface area contributed by atoms with E-state index in [1.54, 1.807) is 12.1 Å². The Kier molecular flexibility index (Phi) is 10.1. The van der Waals surface area contributed by atoms with Gasteiger partial charge in [-0.15, -0.1) is 0 Å². The third kappa shape index (κ3) is 7.67. The molecule has 204 valence electrons. The zero-order valence-corrected chi connectivity index (χ0v) is 24.7. The van der Waals surface area contributed by atoms with Crippen molar-refractivity contribution in [1.29, 1.82) is 0 Å². The number of carbonyl (C=O) groups excluding carboxylic acids is 2. The number of benzene rings is 2. The van der Waals surface area contributed by atoms with Gasteiger partial charge in [-0.05, 0) is 75.1 Å². The maximum atomic E-state index is 13.1. The molecule has 1 amide bonds. The van der Waals surface area contributed by atoms with Crippen molar-refractivity contribution < 1.29 is 22.2 Å². The van der Waals surface area contributed by atoms with E-state index in [4.69, 9.17) is 4.18 Å². The van der Waals surface area contributed by atoms with Crippen molar-refractivity contribution in [3.05, 3.63) is 63.2 Å². The standard InChI is InChI=1S/C30H43NO5S/c1-17(2)23-13-24(18(3)4)28(25(14-23)19(5)6)15-29(33)31-37(34,35)36-30-26(20(7)8)11-22(16-32)12-27(30)21(9)10/h11-14,16-21H,15H2,1-10H3,(H,31,33). The Hall–Kier alpha value is -2.67. The lowest BCUT2D eigenvalue weighted by Gasteiger charge is -2.23. The van der Waals surface area contributed by atoms with E-state index >= 15 is 0 Å². The molecule has 2 aromatic rings. The molecule has 0 aliphatic carbocycles. The molecule has 0 spiro atoms. The van der Waals surface area contributed by atoms with Crippen LogP contribution in [-0.2, 0) is 21.5 Å². The summed E-state index contributed by atoms with van der Waals surface area (Å²) in [6.45, 7) is 20.2. The van der Waals surface area contributed by atoms with Crippen LogP contribution >= 0.6 is 0 Å². The zero-order valence-electron chi connectivity index (χ0n) is 23.9. The monoisotopic (exact) mass is 529 g/mol. The van der Waals surface area contributed by atoms with Crippen LogP contribution in [-0.4, -0.2) is 20.6 Å². The van der Waals surface area contributed by atoms with E-state index in [0.717, 1.165) is 23.0 Å². The van der Waals surface area contributed by atoms with E-state index in [0.29, 0.717) is 22.6 Å². The van der Waals surface area contributed by atoms with Gasteiger partial charge in [-0.25, -0.2) is 4.72 Å². The number of carbonyl (C=O) groups is 2. The lowest BCUT2D eigenvalue weighted by molar-refractivity contribution is -0.118. The van der Waals surface area contributed by atoms with Crippen LogP contribution in [0.1, 0.15) is 143 Å². The summed E-state index contributed by atoms with van der Waals surface area (Å²) in [5, 5.41) is 0. The second-order valence-corrected chi connectivity index (χ2v) is 12.6. The lowest BCUT2D eigenvalue weighted by Crippen LogP contribution is -2.36. The Labute approximate surface area is 223 Å². The average molecular weight is 530 g/mol. The molecule has 7 heteroatoms. The predicted molar refractivity (Wildman–Crippen MR) is 150 cm³/mol. The van der Waals surface area contributed by atoms with Gasteiger partial charge < -0.3 is 4.18 Å². The molecule has 1 N–H and O–H groups in total. The molecule has 0 heterocycles. The molecule has 2 aromatic carbocycles. The van der Waals surface area contributed by atoms with E-state index in [-0.39, 0.29) is 35.8 Å². The van der Waals surface area contributed by atoms with Gasteiger partial charge in [0, 0.05) is 5.56 Å². The van der Waals surface area contributed by atoms with Gasteiger partial charge in [0.15, 0.2) is 5.75 Å². The first kappa shape index (κ1) is 30.6. The van der Waals surface area contributed by atoms with Crippen LogP contribution in [0.4, 0.5) is 0 Å². The summed E-state index contributed by atoms with van der Waals surface area (Å²) in [5.41, 5.74) is 5.82. The SMILES string of the molecule is CC(C)c1cc(C(C)C)c(CC(=O)NS(=O)(=O)Oc2c(C(C)C)cc(C=O)cc2C(C)C)c(C(C)C)c1. The fourth-order valence-corrected chi connectivity index (χ4v) is 5.30. The van der Waals surface area contributed by atoms with E-state index in [1.165, 1.54) is 5.56 Å². The zero-order chi connectivity index (χ0) is 28.2. The van der Waals surface area contributed by atoms with Crippen molar-refractivity contribution in [3.8, 4) is 5.75 Å². The van der Waals surface area contributed by atoms with Crippen LogP contribution in [0.2, 0.25) is 0 Å². The van der Waals surface area contributed by atoms with Gasteiger partial charge in [-0.2, -0.15) is 8.42 Å². The Morgan fingerprint density at radius 3 is 1.54 bits per heavy atom. The molecule has 0 unspecified atom stereocenters.